The van der Waals surface area contributed by atoms with Gasteiger partial charge in [-0.15, -0.1) is 0 Å². The van der Waals surface area contributed by atoms with E-state index in [1.807, 2.05) is 36.4 Å². The zero-order chi connectivity index (χ0) is 9.80. The maximum absolute atomic E-state index is 6.49. The van der Waals surface area contributed by atoms with Crippen molar-refractivity contribution >= 4 is 8.91 Å². The van der Waals surface area contributed by atoms with Gasteiger partial charge in [0, 0.05) is 0 Å². The van der Waals surface area contributed by atoms with Crippen LogP contribution in [0, 0.1) is 7.14 Å². The van der Waals surface area contributed by atoms with Gasteiger partial charge < -0.3 is 0 Å². The molecule has 2 aromatic rings. The summed E-state index contributed by atoms with van der Waals surface area (Å²) >= 11 is -1.63. The SMILES string of the molecule is Cl[I+](c1ccccc1)c1ccccc1. The molecule has 0 fully saturated rings. The molecular formula is C12H10ClI+. The lowest BCUT2D eigenvalue weighted by atomic mass is 10.4. The molecule has 0 aliphatic carbocycles. The van der Waals surface area contributed by atoms with Crippen molar-refractivity contribution in [2.75, 3.05) is 0 Å². The fraction of sp³-hybridized carbons (Fsp3) is 0. The van der Waals surface area contributed by atoms with E-state index in [0.717, 1.165) is 0 Å². The molecule has 2 rings (SSSR count). The zero-order valence-corrected chi connectivity index (χ0v) is 10.4. The van der Waals surface area contributed by atoms with Crippen LogP contribution in [0.2, 0.25) is 0 Å². The molecule has 2 heteroatoms. The number of halogens is 2. The summed E-state index contributed by atoms with van der Waals surface area (Å²) in [6.07, 6.45) is 0. The monoisotopic (exact) mass is 316 g/mol. The molecule has 0 aliphatic heterocycles. The highest BCUT2D eigenvalue weighted by Gasteiger charge is 2.24. The molecular weight excluding hydrogens is 306 g/mol. The van der Waals surface area contributed by atoms with Crippen molar-refractivity contribution < 1.29 is 18.7 Å². The summed E-state index contributed by atoms with van der Waals surface area (Å²) in [5, 5.41) is 0. The van der Waals surface area contributed by atoms with Gasteiger partial charge in [0.25, 0.3) is 18.7 Å². The highest BCUT2D eigenvalue weighted by atomic mass is 127. The van der Waals surface area contributed by atoms with Crippen LogP contribution < -0.4 is 18.7 Å². The van der Waals surface area contributed by atoms with Crippen molar-refractivity contribution in [2.45, 2.75) is 0 Å². The molecule has 0 spiro atoms. The number of hydrogen-bond acceptors (Lipinski definition) is 0. The molecule has 0 heterocycles. The van der Waals surface area contributed by atoms with Crippen molar-refractivity contribution in [1.29, 1.82) is 0 Å². The van der Waals surface area contributed by atoms with E-state index in [9.17, 15) is 0 Å². The Morgan fingerprint density at radius 2 is 1.00 bits per heavy atom. The first-order valence-corrected chi connectivity index (χ1v) is 9.23. The predicted octanol–water partition coefficient (Wildman–Crippen LogP) is 0.504. The van der Waals surface area contributed by atoms with Crippen LogP contribution in [0.15, 0.2) is 60.7 Å². The van der Waals surface area contributed by atoms with Gasteiger partial charge in [0.05, 0.1) is 0 Å². The molecule has 14 heavy (non-hydrogen) atoms. The van der Waals surface area contributed by atoms with Crippen molar-refractivity contribution in [3.05, 3.63) is 67.8 Å². The molecule has 0 bridgehead atoms. The molecule has 0 amide bonds. The average molecular weight is 317 g/mol. The quantitative estimate of drug-likeness (QED) is 0.708. The van der Waals surface area contributed by atoms with E-state index in [4.69, 9.17) is 8.91 Å². The van der Waals surface area contributed by atoms with Crippen molar-refractivity contribution in [3.8, 4) is 0 Å². The normalized spacial score (nSPS) is 10.4. The molecule has 2 aromatic carbocycles. The standard InChI is InChI=1S/C12H10ClI/c13-14(11-7-3-1-4-8-11)12-9-5-2-6-10-12/h1-10H/q+1. The van der Waals surface area contributed by atoms with Crippen LogP contribution in [0.4, 0.5) is 0 Å². The Labute approximate surface area is 95.0 Å². The summed E-state index contributed by atoms with van der Waals surface area (Å²) in [6.45, 7) is 0. The molecule has 71 valence electrons. The molecule has 0 nitrogen and oxygen atoms in total. The lowest BCUT2D eigenvalue weighted by Gasteiger charge is -1.95. The molecule has 0 atom stereocenters. The van der Waals surface area contributed by atoms with Gasteiger partial charge in [0.15, 0.2) is 16.0 Å². The summed E-state index contributed by atoms with van der Waals surface area (Å²) in [5.74, 6) is 0. The Kier molecular flexibility index (Phi) is 3.43. The second-order valence-corrected chi connectivity index (χ2v) is 8.59. The van der Waals surface area contributed by atoms with E-state index < -0.39 is 18.7 Å². The van der Waals surface area contributed by atoms with Crippen LogP contribution in [0.25, 0.3) is 0 Å². The van der Waals surface area contributed by atoms with E-state index in [-0.39, 0.29) is 0 Å². The summed E-state index contributed by atoms with van der Waals surface area (Å²) < 4.78 is 2.59. The van der Waals surface area contributed by atoms with Gasteiger partial charge in [-0.3, -0.25) is 0 Å². The van der Waals surface area contributed by atoms with E-state index >= 15 is 0 Å². The minimum absolute atomic E-state index is 1.30. The van der Waals surface area contributed by atoms with Gasteiger partial charge in [-0.25, -0.2) is 0 Å². The molecule has 0 N–H and O–H groups in total. The Morgan fingerprint density at radius 1 is 0.643 bits per heavy atom. The lowest BCUT2D eigenvalue weighted by molar-refractivity contribution is -0.725. The zero-order valence-electron chi connectivity index (χ0n) is 7.53. The summed E-state index contributed by atoms with van der Waals surface area (Å²) in [7, 11) is 6.49. The van der Waals surface area contributed by atoms with Gasteiger partial charge in [-0.05, 0) is 24.3 Å². The fourth-order valence-electron chi connectivity index (χ4n) is 1.18. The average Bonchev–Trinajstić information content (AvgIpc) is 2.30. The number of benzene rings is 2. The predicted molar refractivity (Wildman–Crippen MR) is 56.1 cm³/mol. The largest absolute Gasteiger partial charge is 0.252 e. The third-order valence-electron chi connectivity index (χ3n) is 1.85. The molecule has 1 radical (unpaired) electrons. The van der Waals surface area contributed by atoms with Crippen molar-refractivity contribution in [2.24, 2.45) is 0 Å². The third-order valence-corrected chi connectivity index (χ3v) is 7.69. The maximum atomic E-state index is 6.49. The first-order chi connectivity index (χ1) is 6.88. The smallest absolute Gasteiger partial charge is 0.0619 e. The number of hydrogen-bond donors (Lipinski definition) is 0. The lowest BCUT2D eigenvalue weighted by Crippen LogP contribution is -3.80. The molecule has 0 aliphatic rings. The van der Waals surface area contributed by atoms with Crippen LogP contribution in [-0.2, 0) is 0 Å². The van der Waals surface area contributed by atoms with Gasteiger partial charge in [0.2, 0.25) is 0 Å². The van der Waals surface area contributed by atoms with Crippen molar-refractivity contribution in [3.63, 3.8) is 0 Å². The maximum Gasteiger partial charge on any atom is 0.252 e. The van der Waals surface area contributed by atoms with Crippen LogP contribution in [0.1, 0.15) is 0 Å². The molecule has 0 saturated carbocycles. The fourth-order valence-corrected chi connectivity index (χ4v) is 5.27. The highest BCUT2D eigenvalue weighted by Crippen LogP contribution is 1.87. The second kappa shape index (κ2) is 4.80. The Hall–Kier alpha value is -0.540. The summed E-state index contributed by atoms with van der Waals surface area (Å²) in [5.41, 5.74) is 0. The van der Waals surface area contributed by atoms with Crippen LogP contribution in [0.5, 0.6) is 0 Å². The van der Waals surface area contributed by atoms with Crippen LogP contribution >= 0.6 is 8.91 Å². The highest BCUT2D eigenvalue weighted by molar-refractivity contribution is 6.05. The molecule has 0 saturated heterocycles. The number of rotatable bonds is 2. The Balaban J connectivity index is 2.30. The third kappa shape index (κ3) is 2.28. The van der Waals surface area contributed by atoms with E-state index in [2.05, 4.69) is 24.3 Å². The first kappa shape index (κ1) is 9.99. The minimum atomic E-state index is -1.63. The molecule has 0 unspecified atom stereocenters. The van der Waals surface area contributed by atoms with Gasteiger partial charge in [-0.1, -0.05) is 36.4 Å². The Morgan fingerprint density at radius 3 is 1.36 bits per heavy atom. The van der Waals surface area contributed by atoms with E-state index in [0.29, 0.717) is 0 Å². The summed E-state index contributed by atoms with van der Waals surface area (Å²) in [6, 6.07) is 20.7. The van der Waals surface area contributed by atoms with Crippen molar-refractivity contribution in [1.82, 2.24) is 0 Å². The summed E-state index contributed by atoms with van der Waals surface area (Å²) in [4.78, 5) is 0. The van der Waals surface area contributed by atoms with Crippen LogP contribution in [0.3, 0.4) is 0 Å². The van der Waals surface area contributed by atoms with E-state index in [1.54, 1.807) is 0 Å². The van der Waals surface area contributed by atoms with E-state index in [1.165, 1.54) is 7.14 Å². The topological polar surface area (TPSA) is 0 Å². The van der Waals surface area contributed by atoms with Gasteiger partial charge in [0.1, 0.15) is 0 Å². The van der Waals surface area contributed by atoms with Gasteiger partial charge in [-0.2, -0.15) is 0 Å². The molecule has 0 aromatic heterocycles. The first-order valence-electron chi connectivity index (χ1n) is 4.34. The Bertz CT molecular complexity index is 346. The van der Waals surface area contributed by atoms with Crippen LogP contribution in [-0.4, -0.2) is 0 Å². The second-order valence-electron chi connectivity index (χ2n) is 2.83. The minimum Gasteiger partial charge on any atom is -0.0619 e. The van der Waals surface area contributed by atoms with Gasteiger partial charge >= 0.3 is 0 Å².